The van der Waals surface area contributed by atoms with E-state index in [2.05, 4.69) is 104 Å². The summed E-state index contributed by atoms with van der Waals surface area (Å²) in [6.07, 6.45) is 50.1. The summed E-state index contributed by atoms with van der Waals surface area (Å²) >= 11 is 0. The van der Waals surface area contributed by atoms with Crippen molar-refractivity contribution in [3.63, 3.8) is 0 Å². The van der Waals surface area contributed by atoms with Crippen molar-refractivity contribution in [3.8, 4) is 0 Å². The van der Waals surface area contributed by atoms with Gasteiger partial charge in [0, 0.05) is 6.42 Å². The van der Waals surface area contributed by atoms with Crippen LogP contribution in [-0.2, 0) is 23.7 Å². The van der Waals surface area contributed by atoms with Gasteiger partial charge in [0.25, 0.3) is 0 Å². The minimum Gasteiger partial charge on any atom is -0.394 e. The van der Waals surface area contributed by atoms with Crippen LogP contribution in [0.5, 0.6) is 0 Å². The highest BCUT2D eigenvalue weighted by molar-refractivity contribution is 5.76. The Balaban J connectivity index is 1.77. The lowest BCUT2D eigenvalue weighted by molar-refractivity contribution is -0.359. The highest BCUT2D eigenvalue weighted by Gasteiger charge is 2.51. The molecule has 1 amide bonds. The molecule has 12 unspecified atom stereocenters. The molecule has 0 aromatic heterocycles. The number of hydrogen-bond acceptors (Lipinski definition) is 13. The van der Waals surface area contributed by atoms with Crippen molar-refractivity contribution in [2.24, 2.45) is 0 Å². The predicted octanol–water partition coefficient (Wildman–Crippen LogP) is 11.3. The number of allylic oxidation sites excluding steroid dienone is 14. The zero-order valence-corrected chi connectivity index (χ0v) is 49.1. The molecule has 2 heterocycles. The molecule has 0 aromatic rings. The van der Waals surface area contributed by atoms with Crippen molar-refractivity contribution in [3.05, 3.63) is 85.1 Å². The van der Waals surface area contributed by atoms with Crippen LogP contribution >= 0.6 is 0 Å². The molecular weight excluding hydrogens is 1000 g/mol. The number of rotatable bonds is 49. The van der Waals surface area contributed by atoms with Gasteiger partial charge in [0.15, 0.2) is 12.6 Å². The highest BCUT2D eigenvalue weighted by Crippen LogP contribution is 2.30. The van der Waals surface area contributed by atoms with Crippen LogP contribution in [0.1, 0.15) is 226 Å². The molecule has 0 aliphatic carbocycles. The smallest absolute Gasteiger partial charge is 0.220 e. The molecule has 2 aliphatic rings. The van der Waals surface area contributed by atoms with Crippen molar-refractivity contribution in [2.45, 2.75) is 299 Å². The number of amides is 1. The molecule has 456 valence electrons. The first-order valence-electron chi connectivity index (χ1n) is 31.3. The molecule has 0 bridgehead atoms. The van der Waals surface area contributed by atoms with Gasteiger partial charge < -0.3 is 65.1 Å². The molecule has 2 rings (SSSR count). The molecule has 14 heteroatoms. The Hall–Kier alpha value is -2.83. The van der Waals surface area contributed by atoms with Gasteiger partial charge in [-0.25, -0.2) is 0 Å². The molecule has 2 saturated heterocycles. The van der Waals surface area contributed by atoms with E-state index in [0.717, 1.165) is 70.6 Å². The normalized spacial score (nSPS) is 25.0. The summed E-state index contributed by atoms with van der Waals surface area (Å²) in [5.74, 6) is -0.265. The van der Waals surface area contributed by atoms with E-state index in [1.807, 2.05) is 0 Å². The van der Waals surface area contributed by atoms with Gasteiger partial charge in [0.2, 0.25) is 5.91 Å². The second-order valence-corrected chi connectivity index (χ2v) is 21.8. The molecule has 12 atom stereocenters. The maximum Gasteiger partial charge on any atom is 0.220 e. The van der Waals surface area contributed by atoms with Gasteiger partial charge in [-0.1, -0.05) is 240 Å². The van der Waals surface area contributed by atoms with Gasteiger partial charge in [-0.15, -0.1) is 0 Å². The van der Waals surface area contributed by atoms with Gasteiger partial charge in [-0.2, -0.15) is 0 Å². The molecule has 0 radical (unpaired) electrons. The van der Waals surface area contributed by atoms with Crippen LogP contribution in [0.3, 0.4) is 0 Å². The summed E-state index contributed by atoms with van der Waals surface area (Å²) in [4.78, 5) is 13.3. The standard InChI is InChI=1S/C65H113NO13/c1-3-5-7-9-11-13-15-17-19-21-23-25-27-29-31-33-35-37-39-41-43-45-47-49-57(70)66-53(52-76-64-62(75)60(73)63(56(51-68)78-64)79-65-61(74)59(72)58(71)55(50-67)77-65)54(69)48-46-44-42-40-38-36-34-32-30-28-26-24-22-20-18-16-14-12-10-8-6-4-2/h5,7,11,13,17,19,23,25,29,31,35,37,41,43,53-56,58-65,67-69,71-75H,3-4,6,8-10,12,14-16,18,20-22,24,26-28,30,32-34,36,38-40,42,44-52H2,1-2H3,(H,66,70)/b7-5-,13-11-,19-17-,25-23-,31-29-,37-35-,43-41-. The van der Waals surface area contributed by atoms with Crippen LogP contribution < -0.4 is 5.32 Å². The van der Waals surface area contributed by atoms with E-state index in [1.54, 1.807) is 0 Å². The van der Waals surface area contributed by atoms with Gasteiger partial charge in [0.1, 0.15) is 48.8 Å². The van der Waals surface area contributed by atoms with Gasteiger partial charge >= 0.3 is 0 Å². The second kappa shape index (κ2) is 49.8. The minimum absolute atomic E-state index is 0.220. The number of carbonyl (C=O) groups is 1. The number of aliphatic hydroxyl groups is 8. The summed E-state index contributed by atoms with van der Waals surface area (Å²) < 4.78 is 22.8. The van der Waals surface area contributed by atoms with E-state index < -0.39 is 86.8 Å². The molecule has 2 fully saturated rings. The maximum absolute atomic E-state index is 13.3. The second-order valence-electron chi connectivity index (χ2n) is 21.8. The lowest BCUT2D eigenvalue weighted by atomic mass is 9.97. The van der Waals surface area contributed by atoms with Gasteiger partial charge in [-0.05, 0) is 64.2 Å². The summed E-state index contributed by atoms with van der Waals surface area (Å²) in [5.41, 5.74) is 0. The molecular formula is C65H113NO13. The molecule has 0 saturated carbocycles. The Morgan fingerprint density at radius 1 is 0.468 bits per heavy atom. The summed E-state index contributed by atoms with van der Waals surface area (Å²) in [6, 6.07) is -0.866. The van der Waals surface area contributed by atoms with Crippen LogP contribution in [0.25, 0.3) is 0 Å². The zero-order chi connectivity index (χ0) is 57.4. The lowest BCUT2D eigenvalue weighted by Gasteiger charge is -2.46. The average Bonchev–Trinajstić information content (AvgIpc) is 3.47. The summed E-state index contributed by atoms with van der Waals surface area (Å²) in [6.45, 7) is 2.72. The Labute approximate surface area is 478 Å². The third-order valence-corrected chi connectivity index (χ3v) is 14.9. The van der Waals surface area contributed by atoms with Crippen LogP contribution in [0.4, 0.5) is 0 Å². The predicted molar refractivity (Wildman–Crippen MR) is 318 cm³/mol. The van der Waals surface area contributed by atoms with E-state index >= 15 is 0 Å². The summed E-state index contributed by atoms with van der Waals surface area (Å²) in [7, 11) is 0. The largest absolute Gasteiger partial charge is 0.394 e. The average molecular weight is 1120 g/mol. The maximum atomic E-state index is 13.3. The number of nitrogens with one attached hydrogen (secondary N) is 1. The highest BCUT2D eigenvalue weighted by atomic mass is 16.7. The van der Waals surface area contributed by atoms with Crippen molar-refractivity contribution in [2.75, 3.05) is 19.8 Å². The molecule has 0 aromatic carbocycles. The number of unbranched alkanes of at least 4 members (excludes halogenated alkanes) is 22. The minimum atomic E-state index is -1.79. The quantitative estimate of drug-likeness (QED) is 0.0204. The van der Waals surface area contributed by atoms with Crippen LogP contribution in [-0.4, -0.2) is 140 Å². The van der Waals surface area contributed by atoms with Crippen molar-refractivity contribution in [1.82, 2.24) is 5.32 Å². The zero-order valence-electron chi connectivity index (χ0n) is 49.1. The van der Waals surface area contributed by atoms with Crippen molar-refractivity contribution < 1.29 is 64.6 Å². The SMILES string of the molecule is CC/C=C\C/C=C\C/C=C\C/C=C\C/C=C\C/C=C\C/C=C\CCCC(=O)NC(COC1OC(CO)C(OC2OC(CO)C(O)C(O)C2O)C(O)C1O)C(O)CCCCCCCCCCCCCCCCCCCCCCCC. The van der Waals surface area contributed by atoms with Crippen LogP contribution in [0.15, 0.2) is 85.1 Å². The van der Waals surface area contributed by atoms with Gasteiger partial charge in [0.05, 0.1) is 32.0 Å². The Morgan fingerprint density at radius 2 is 0.861 bits per heavy atom. The van der Waals surface area contributed by atoms with Crippen molar-refractivity contribution >= 4 is 5.91 Å². The molecule has 0 spiro atoms. The van der Waals surface area contributed by atoms with E-state index in [9.17, 15) is 45.6 Å². The fraction of sp³-hybridized carbons (Fsp3) is 0.769. The molecule has 79 heavy (non-hydrogen) atoms. The first kappa shape index (κ1) is 72.3. The van der Waals surface area contributed by atoms with E-state index in [1.165, 1.54) is 116 Å². The van der Waals surface area contributed by atoms with Crippen LogP contribution in [0, 0.1) is 0 Å². The van der Waals surface area contributed by atoms with E-state index in [-0.39, 0.29) is 18.9 Å². The first-order chi connectivity index (χ1) is 38.6. The van der Waals surface area contributed by atoms with Crippen molar-refractivity contribution in [1.29, 1.82) is 0 Å². The third kappa shape index (κ3) is 35.0. The monoisotopic (exact) mass is 1120 g/mol. The van der Waals surface area contributed by atoms with E-state index in [0.29, 0.717) is 19.3 Å². The fourth-order valence-corrected chi connectivity index (χ4v) is 9.87. The number of ether oxygens (including phenoxy) is 4. The first-order valence-corrected chi connectivity index (χ1v) is 31.3. The summed E-state index contributed by atoms with van der Waals surface area (Å²) in [5, 5.41) is 87.3. The molecule has 14 nitrogen and oxygen atoms in total. The van der Waals surface area contributed by atoms with Gasteiger partial charge in [-0.3, -0.25) is 4.79 Å². The number of carbonyl (C=O) groups excluding carboxylic acids is 1. The molecule has 2 aliphatic heterocycles. The number of aliphatic hydroxyl groups excluding tert-OH is 8. The fourth-order valence-electron chi connectivity index (χ4n) is 9.87. The van der Waals surface area contributed by atoms with E-state index in [4.69, 9.17) is 18.9 Å². The number of hydrogen-bond donors (Lipinski definition) is 9. The third-order valence-electron chi connectivity index (χ3n) is 14.9. The Morgan fingerprint density at radius 3 is 1.29 bits per heavy atom. The lowest BCUT2D eigenvalue weighted by Crippen LogP contribution is -2.65. The molecule has 9 N–H and O–H groups in total. The Kier molecular flexibility index (Phi) is 45.5. The Bertz CT molecular complexity index is 1650. The topological polar surface area (TPSA) is 228 Å². The van der Waals surface area contributed by atoms with Crippen LogP contribution in [0.2, 0.25) is 0 Å².